The van der Waals surface area contributed by atoms with Crippen molar-refractivity contribution in [3.05, 3.63) is 29.9 Å². The fraction of sp³-hybridized carbons (Fsp3) is 0.833. The SMILES string of the molecule is C[C@]1(CO)CC[C@]2(C(=O)O)CC[C@@]34CCC#C[C@H]([C@H]5[C@H]([C@H](CC[C@@H](N)O)c6cnc[nH]6)NC(=O)C56CCCC6)[C@H]5[C@@H](O)[C@@H](O[C@@H]6OC[C@@H](O)[C@H](O)[C@H]6O)[C@@](C)(CO)[C@H]6CC[C@]3(C)[C@H](CC=C4[C@@H]2C1)[C@@]56C. The standard InChI is InChI=1S/C54H80N4O12/c1-48(26-59)19-20-52(47(67)68)21-22-54-17-6-5-9-30(38-40(58-46(66)53(38)15-7-8-16-53)29(10-13-37(55)62)33-24-56-28-57-33)39-42(64)44(70-45-43(65)41(63)34(61)25-69-45)49(2,27-60)35-14-18-50(54,3)36(51(35,39)4)12-11-31(54)32(52)23-48/h11,24,28-30,32,34-45,59-65H,6-8,10,12-23,25-27,55H2,1-4H3,(H,56,57)(H,58,66)(H,67,68)/t29-,30-,32+,34-,35-,36+,37+,38+,39+,40+,41+,42-,43-,44-,45+,48+,49+,50-,51+,52+,54-/m1/s1. The molecule has 70 heavy (non-hydrogen) atoms. The van der Waals surface area contributed by atoms with Crippen molar-refractivity contribution in [1.82, 2.24) is 15.3 Å². The van der Waals surface area contributed by atoms with Gasteiger partial charge in [-0.1, -0.05) is 58.1 Å². The van der Waals surface area contributed by atoms with Gasteiger partial charge < -0.3 is 66.4 Å². The van der Waals surface area contributed by atoms with Crippen LogP contribution >= 0.6 is 0 Å². The summed E-state index contributed by atoms with van der Waals surface area (Å²) in [6.45, 7) is 8.01. The molecule has 12 N–H and O–H groups in total. The minimum Gasteiger partial charge on any atom is -0.481 e. The predicted octanol–water partition coefficient (Wildman–Crippen LogP) is 3.47. The molecule has 388 valence electrons. The number of nitrogens with zero attached hydrogens (tertiary/aromatic N) is 1. The van der Waals surface area contributed by atoms with Gasteiger partial charge in [0.1, 0.15) is 24.5 Å². The number of aliphatic hydroxyl groups is 7. The summed E-state index contributed by atoms with van der Waals surface area (Å²) < 4.78 is 12.7. The van der Waals surface area contributed by atoms with E-state index >= 15 is 4.79 Å². The molecule has 5 saturated carbocycles. The molecular weight excluding hydrogens is 897 g/mol. The maximum Gasteiger partial charge on any atom is 0.310 e. The lowest BCUT2D eigenvalue weighted by Gasteiger charge is -2.74. The van der Waals surface area contributed by atoms with Crippen LogP contribution in [0.15, 0.2) is 24.2 Å². The van der Waals surface area contributed by atoms with E-state index in [1.54, 1.807) is 12.5 Å². The van der Waals surface area contributed by atoms with Crippen molar-refractivity contribution in [1.29, 1.82) is 0 Å². The molecule has 1 amide bonds. The molecule has 3 heterocycles. The number of rotatable bonds is 11. The van der Waals surface area contributed by atoms with E-state index < -0.39 is 111 Å². The zero-order chi connectivity index (χ0) is 50.0. The monoisotopic (exact) mass is 977 g/mol. The molecule has 0 aromatic carbocycles. The first kappa shape index (κ1) is 50.6. The number of hydrogen-bond donors (Lipinski definition) is 11. The molecule has 7 aliphatic carbocycles. The number of amides is 1. The Kier molecular flexibility index (Phi) is 12.9. The molecule has 10 rings (SSSR count). The maximum absolute atomic E-state index is 15.1. The summed E-state index contributed by atoms with van der Waals surface area (Å²) in [5, 5.41) is 94.6. The number of hydrogen-bond acceptors (Lipinski definition) is 13. The van der Waals surface area contributed by atoms with E-state index in [-0.39, 0.29) is 55.8 Å². The Balaban J connectivity index is 1.19. The second kappa shape index (κ2) is 17.9. The van der Waals surface area contributed by atoms with E-state index in [0.717, 1.165) is 25.0 Å². The minimum atomic E-state index is -1.66. The number of aromatic nitrogens is 2. The largest absolute Gasteiger partial charge is 0.481 e. The molecule has 2 spiro atoms. The van der Waals surface area contributed by atoms with Crippen LogP contribution in [0.25, 0.3) is 0 Å². The number of ether oxygens (including phenoxy) is 2. The Bertz CT molecular complexity index is 2240. The van der Waals surface area contributed by atoms with E-state index in [1.165, 1.54) is 5.57 Å². The number of aromatic amines is 1. The number of nitrogens with one attached hydrogen (secondary N) is 2. The maximum atomic E-state index is 15.1. The Morgan fingerprint density at radius 1 is 0.943 bits per heavy atom. The lowest BCUT2D eigenvalue weighted by Crippen LogP contribution is -2.74. The van der Waals surface area contributed by atoms with Gasteiger partial charge in [-0.05, 0) is 123 Å². The normalized spacial score (nSPS) is 49.1. The van der Waals surface area contributed by atoms with E-state index in [2.05, 4.69) is 54.0 Å². The van der Waals surface area contributed by atoms with E-state index in [9.17, 15) is 45.6 Å². The zero-order valence-electron chi connectivity index (χ0n) is 41.6. The number of fused-ring (bicyclic) bond motifs is 2. The molecule has 16 heteroatoms. The van der Waals surface area contributed by atoms with Crippen LogP contribution in [0.2, 0.25) is 0 Å². The molecule has 4 bridgehead atoms. The van der Waals surface area contributed by atoms with Gasteiger partial charge in [0.05, 0.1) is 42.6 Å². The van der Waals surface area contributed by atoms with Gasteiger partial charge in [0.25, 0.3) is 0 Å². The van der Waals surface area contributed by atoms with Crippen LogP contribution in [0.5, 0.6) is 0 Å². The first-order chi connectivity index (χ1) is 33.2. The fourth-order valence-electron chi connectivity index (χ4n) is 18.6. The molecule has 16 nitrogen and oxygen atoms in total. The molecule has 0 radical (unpaired) electrons. The number of carbonyl (C=O) groups is 2. The van der Waals surface area contributed by atoms with Gasteiger partial charge in [-0.2, -0.15) is 0 Å². The Hall–Kier alpha value is -2.95. The van der Waals surface area contributed by atoms with Gasteiger partial charge in [-0.3, -0.25) is 9.59 Å². The zero-order valence-corrected chi connectivity index (χ0v) is 41.6. The molecule has 2 saturated heterocycles. The van der Waals surface area contributed by atoms with E-state index in [0.29, 0.717) is 77.0 Å². The highest BCUT2D eigenvalue weighted by Gasteiger charge is 2.76. The van der Waals surface area contributed by atoms with Crippen molar-refractivity contribution < 1.29 is 59.9 Å². The number of allylic oxidation sites excluding steroid dienone is 2. The van der Waals surface area contributed by atoms with Crippen molar-refractivity contribution in [3.63, 3.8) is 0 Å². The molecule has 1 aromatic heterocycles. The molecule has 1 aromatic rings. The summed E-state index contributed by atoms with van der Waals surface area (Å²) >= 11 is 0. The van der Waals surface area contributed by atoms with Crippen molar-refractivity contribution in [2.75, 3.05) is 19.8 Å². The fourth-order valence-corrected chi connectivity index (χ4v) is 18.6. The van der Waals surface area contributed by atoms with Crippen molar-refractivity contribution in [2.45, 2.75) is 185 Å². The third-order valence-corrected chi connectivity index (χ3v) is 22.2. The lowest BCUT2D eigenvalue weighted by molar-refractivity contribution is -0.343. The number of aliphatic hydroxyl groups excluding tert-OH is 7. The summed E-state index contributed by atoms with van der Waals surface area (Å²) in [5.74, 6) is 3.94. The second-order valence-corrected chi connectivity index (χ2v) is 25.1. The third-order valence-electron chi connectivity index (χ3n) is 22.2. The minimum absolute atomic E-state index is 0.0218. The molecule has 2 aliphatic heterocycles. The number of carboxylic acids is 1. The number of aliphatic carboxylic acids is 1. The average molecular weight is 977 g/mol. The molecule has 21 atom stereocenters. The van der Waals surface area contributed by atoms with Crippen molar-refractivity contribution in [2.24, 2.45) is 79.1 Å². The van der Waals surface area contributed by atoms with Crippen LogP contribution in [-0.4, -0.2) is 132 Å². The quantitative estimate of drug-likeness (QED) is 0.0656. The topological polar surface area (TPSA) is 281 Å². The number of imidazole rings is 1. The highest BCUT2D eigenvalue weighted by molar-refractivity contribution is 5.86. The van der Waals surface area contributed by atoms with Crippen LogP contribution in [0, 0.1) is 85.3 Å². The van der Waals surface area contributed by atoms with Gasteiger partial charge in [0.15, 0.2) is 6.29 Å². The summed E-state index contributed by atoms with van der Waals surface area (Å²) in [4.78, 5) is 36.5. The molecule has 0 unspecified atom stereocenters. The van der Waals surface area contributed by atoms with Gasteiger partial charge >= 0.3 is 5.97 Å². The first-order valence-electron chi connectivity index (χ1n) is 26.6. The highest BCUT2D eigenvalue weighted by atomic mass is 16.7. The average Bonchev–Trinajstić information content (AvgIpc) is 4.10. The number of carbonyl (C=O) groups excluding carboxylic acids is 1. The lowest BCUT2D eigenvalue weighted by atomic mass is 9.30. The number of H-pyrrole nitrogens is 1. The summed E-state index contributed by atoms with van der Waals surface area (Å²) in [6.07, 6.45) is 5.76. The van der Waals surface area contributed by atoms with Crippen LogP contribution in [0.1, 0.15) is 142 Å². The van der Waals surface area contributed by atoms with Crippen molar-refractivity contribution in [3.8, 4) is 11.8 Å². The second-order valence-electron chi connectivity index (χ2n) is 25.1. The van der Waals surface area contributed by atoms with E-state index in [4.69, 9.17) is 15.2 Å². The number of nitrogens with two attached hydrogens (primary N) is 1. The Labute approximate surface area is 412 Å². The van der Waals surface area contributed by atoms with Crippen LogP contribution in [-0.2, 0) is 19.1 Å². The first-order valence-corrected chi connectivity index (χ1v) is 26.6. The number of carboxylic acid groups (broad SMARTS) is 1. The Morgan fingerprint density at radius 2 is 1.69 bits per heavy atom. The summed E-state index contributed by atoms with van der Waals surface area (Å²) in [6, 6.07) is -0.513. The van der Waals surface area contributed by atoms with Crippen LogP contribution in [0.3, 0.4) is 0 Å². The van der Waals surface area contributed by atoms with Gasteiger partial charge in [-0.25, -0.2) is 4.98 Å². The van der Waals surface area contributed by atoms with Gasteiger partial charge in [0.2, 0.25) is 5.91 Å². The molecular formula is C54H80N4O12. The van der Waals surface area contributed by atoms with Crippen LogP contribution < -0.4 is 11.1 Å². The van der Waals surface area contributed by atoms with Gasteiger partial charge in [0, 0.05) is 60.0 Å². The molecule has 9 aliphatic rings. The third kappa shape index (κ3) is 7.09. The molecule has 7 fully saturated rings. The van der Waals surface area contributed by atoms with Gasteiger partial charge in [-0.15, -0.1) is 5.92 Å². The Morgan fingerprint density at radius 3 is 2.36 bits per heavy atom. The summed E-state index contributed by atoms with van der Waals surface area (Å²) in [5.41, 5.74) is 2.96. The summed E-state index contributed by atoms with van der Waals surface area (Å²) in [7, 11) is 0. The predicted molar refractivity (Wildman–Crippen MR) is 254 cm³/mol. The van der Waals surface area contributed by atoms with Crippen LogP contribution in [0.4, 0.5) is 0 Å². The smallest absolute Gasteiger partial charge is 0.310 e. The van der Waals surface area contributed by atoms with Crippen molar-refractivity contribution >= 4 is 11.9 Å². The highest BCUT2D eigenvalue weighted by Crippen LogP contribution is 2.79. The van der Waals surface area contributed by atoms with E-state index in [1.807, 2.05) is 6.92 Å².